The van der Waals surface area contributed by atoms with Crippen LogP contribution in [0.5, 0.6) is 0 Å². The Morgan fingerprint density at radius 1 is 1.57 bits per heavy atom. The molecule has 0 bridgehead atoms. The van der Waals surface area contributed by atoms with Gasteiger partial charge in [-0.25, -0.2) is 0 Å². The van der Waals surface area contributed by atoms with E-state index in [4.69, 9.17) is 5.11 Å². The number of rotatable bonds is 5. The summed E-state index contributed by atoms with van der Waals surface area (Å²) in [5.41, 5.74) is 0. The number of hydrogen-bond acceptors (Lipinski definition) is 2. The predicted molar refractivity (Wildman–Crippen MR) is 60.7 cm³/mol. The summed E-state index contributed by atoms with van der Waals surface area (Å²) < 4.78 is 0. The summed E-state index contributed by atoms with van der Waals surface area (Å²) in [6.45, 7) is 4.42. The van der Waals surface area contributed by atoms with E-state index in [0.29, 0.717) is 5.25 Å². The van der Waals surface area contributed by atoms with Crippen LogP contribution in [0.1, 0.15) is 39.5 Å². The van der Waals surface area contributed by atoms with Gasteiger partial charge in [0.25, 0.3) is 0 Å². The van der Waals surface area contributed by atoms with Crippen molar-refractivity contribution in [2.75, 3.05) is 5.75 Å². The largest absolute Gasteiger partial charge is 0.481 e. The Labute approximate surface area is 90.5 Å². The molecule has 14 heavy (non-hydrogen) atoms. The van der Waals surface area contributed by atoms with Crippen LogP contribution in [-0.4, -0.2) is 22.1 Å². The molecule has 3 atom stereocenters. The van der Waals surface area contributed by atoms with E-state index in [1.165, 1.54) is 6.42 Å². The second kappa shape index (κ2) is 5.64. The molecule has 0 aliphatic heterocycles. The Kier molecular flexibility index (Phi) is 4.79. The zero-order chi connectivity index (χ0) is 10.6. The molecule has 1 aliphatic carbocycles. The highest BCUT2D eigenvalue weighted by Crippen LogP contribution is 2.36. The zero-order valence-electron chi connectivity index (χ0n) is 9.03. The molecule has 1 aliphatic rings. The van der Waals surface area contributed by atoms with Crippen molar-refractivity contribution >= 4 is 17.7 Å². The molecule has 0 saturated heterocycles. The molecule has 82 valence electrons. The van der Waals surface area contributed by atoms with E-state index in [2.05, 4.69) is 13.8 Å². The molecular formula is C11H20O2S. The lowest BCUT2D eigenvalue weighted by Crippen LogP contribution is -2.21. The molecule has 1 fully saturated rings. The average Bonchev–Trinajstić information content (AvgIpc) is 2.62. The summed E-state index contributed by atoms with van der Waals surface area (Å²) >= 11 is 1.87. The first kappa shape index (κ1) is 11.9. The second-order valence-corrected chi connectivity index (χ2v) is 5.53. The van der Waals surface area contributed by atoms with Crippen LogP contribution in [0.4, 0.5) is 0 Å². The molecule has 3 heteroatoms. The van der Waals surface area contributed by atoms with Gasteiger partial charge in [0.05, 0.1) is 5.92 Å². The molecule has 0 radical (unpaired) electrons. The molecule has 1 saturated carbocycles. The maximum absolute atomic E-state index is 10.9. The molecule has 0 aromatic heterocycles. The highest BCUT2D eigenvalue weighted by atomic mass is 32.2. The Morgan fingerprint density at radius 2 is 2.29 bits per heavy atom. The van der Waals surface area contributed by atoms with Crippen LogP contribution < -0.4 is 0 Å². The summed E-state index contributed by atoms with van der Waals surface area (Å²) in [6, 6.07) is 0. The minimum absolute atomic E-state index is 0.0796. The van der Waals surface area contributed by atoms with Gasteiger partial charge in [0.1, 0.15) is 0 Å². The van der Waals surface area contributed by atoms with Gasteiger partial charge in [0.2, 0.25) is 0 Å². The van der Waals surface area contributed by atoms with Gasteiger partial charge in [-0.1, -0.05) is 26.7 Å². The fourth-order valence-electron chi connectivity index (χ4n) is 1.81. The number of carboxylic acid groups (broad SMARTS) is 1. The highest BCUT2D eigenvalue weighted by molar-refractivity contribution is 7.99. The van der Waals surface area contributed by atoms with Crippen molar-refractivity contribution in [3.05, 3.63) is 0 Å². The van der Waals surface area contributed by atoms with Crippen LogP contribution in [0.2, 0.25) is 0 Å². The van der Waals surface area contributed by atoms with E-state index >= 15 is 0 Å². The third kappa shape index (κ3) is 3.19. The van der Waals surface area contributed by atoms with E-state index < -0.39 is 5.97 Å². The molecule has 1 rings (SSSR count). The third-order valence-electron chi connectivity index (χ3n) is 3.06. The van der Waals surface area contributed by atoms with Gasteiger partial charge in [-0.05, 0) is 24.5 Å². The van der Waals surface area contributed by atoms with Crippen LogP contribution in [-0.2, 0) is 4.79 Å². The predicted octanol–water partition coefficient (Wildman–Crippen LogP) is 3.02. The fourth-order valence-corrected chi connectivity index (χ4v) is 3.44. The number of hydrogen-bond donors (Lipinski definition) is 1. The topological polar surface area (TPSA) is 37.3 Å². The van der Waals surface area contributed by atoms with Crippen molar-refractivity contribution in [3.63, 3.8) is 0 Å². The minimum atomic E-state index is -0.593. The maximum atomic E-state index is 10.9. The Morgan fingerprint density at radius 3 is 2.86 bits per heavy atom. The number of aliphatic carboxylic acids is 1. The van der Waals surface area contributed by atoms with Crippen molar-refractivity contribution in [3.8, 4) is 0 Å². The van der Waals surface area contributed by atoms with Crippen molar-refractivity contribution in [2.24, 2.45) is 11.8 Å². The van der Waals surface area contributed by atoms with Crippen LogP contribution in [0.15, 0.2) is 0 Å². The molecule has 0 spiro atoms. The fraction of sp³-hybridized carbons (Fsp3) is 0.909. The SMILES string of the molecule is CCC(C)CSC1CCCC1C(=O)O. The summed E-state index contributed by atoms with van der Waals surface area (Å²) in [5.74, 6) is 1.16. The zero-order valence-corrected chi connectivity index (χ0v) is 9.85. The van der Waals surface area contributed by atoms with Crippen LogP contribution >= 0.6 is 11.8 Å². The summed E-state index contributed by atoms with van der Waals surface area (Å²) in [7, 11) is 0. The Balaban J connectivity index is 2.32. The van der Waals surface area contributed by atoms with Gasteiger partial charge in [-0.15, -0.1) is 0 Å². The van der Waals surface area contributed by atoms with Crippen molar-refractivity contribution in [1.82, 2.24) is 0 Å². The first-order valence-electron chi connectivity index (χ1n) is 5.49. The van der Waals surface area contributed by atoms with Gasteiger partial charge >= 0.3 is 5.97 Å². The highest BCUT2D eigenvalue weighted by Gasteiger charge is 2.33. The van der Waals surface area contributed by atoms with E-state index in [9.17, 15) is 4.79 Å². The van der Waals surface area contributed by atoms with Crippen LogP contribution in [0, 0.1) is 11.8 Å². The smallest absolute Gasteiger partial charge is 0.307 e. The molecule has 0 aromatic rings. The van der Waals surface area contributed by atoms with Gasteiger partial charge in [0.15, 0.2) is 0 Å². The monoisotopic (exact) mass is 216 g/mol. The lowest BCUT2D eigenvalue weighted by Gasteiger charge is -2.17. The van der Waals surface area contributed by atoms with Gasteiger partial charge in [0, 0.05) is 5.25 Å². The van der Waals surface area contributed by atoms with E-state index in [1.807, 2.05) is 11.8 Å². The van der Waals surface area contributed by atoms with Crippen molar-refractivity contribution in [1.29, 1.82) is 0 Å². The van der Waals surface area contributed by atoms with Gasteiger partial charge < -0.3 is 5.11 Å². The minimum Gasteiger partial charge on any atom is -0.481 e. The standard InChI is InChI=1S/C11H20O2S/c1-3-8(2)7-14-10-6-4-5-9(10)11(12)13/h8-10H,3-7H2,1-2H3,(H,12,13). The molecule has 1 N–H and O–H groups in total. The van der Waals surface area contributed by atoms with Gasteiger partial charge in [-0.2, -0.15) is 11.8 Å². The normalized spacial score (nSPS) is 29.0. The molecular weight excluding hydrogens is 196 g/mol. The molecule has 0 aromatic carbocycles. The van der Waals surface area contributed by atoms with E-state index in [1.54, 1.807) is 0 Å². The molecule has 2 nitrogen and oxygen atoms in total. The first-order chi connectivity index (χ1) is 6.65. The van der Waals surface area contributed by atoms with Crippen LogP contribution in [0.25, 0.3) is 0 Å². The van der Waals surface area contributed by atoms with Crippen LogP contribution in [0.3, 0.4) is 0 Å². The lowest BCUT2D eigenvalue weighted by atomic mass is 10.1. The average molecular weight is 216 g/mol. The van der Waals surface area contributed by atoms with E-state index in [0.717, 1.165) is 30.9 Å². The summed E-state index contributed by atoms with van der Waals surface area (Å²) in [6.07, 6.45) is 4.26. The third-order valence-corrected chi connectivity index (χ3v) is 4.82. The Hall–Kier alpha value is -0.180. The van der Waals surface area contributed by atoms with E-state index in [-0.39, 0.29) is 5.92 Å². The first-order valence-corrected chi connectivity index (χ1v) is 6.54. The van der Waals surface area contributed by atoms with Crippen molar-refractivity contribution < 1.29 is 9.90 Å². The van der Waals surface area contributed by atoms with Gasteiger partial charge in [-0.3, -0.25) is 4.79 Å². The summed E-state index contributed by atoms with van der Waals surface area (Å²) in [4.78, 5) is 10.9. The van der Waals surface area contributed by atoms with Crippen molar-refractivity contribution in [2.45, 2.75) is 44.8 Å². The quantitative estimate of drug-likeness (QED) is 0.767. The summed E-state index contributed by atoms with van der Waals surface area (Å²) in [5, 5.41) is 9.37. The number of thioether (sulfide) groups is 1. The molecule has 0 heterocycles. The molecule has 0 amide bonds. The Bertz CT molecular complexity index is 194. The number of carboxylic acids is 1. The second-order valence-electron chi connectivity index (χ2n) is 4.26. The molecule has 3 unspecified atom stereocenters. The lowest BCUT2D eigenvalue weighted by molar-refractivity contribution is -0.141. The maximum Gasteiger partial charge on any atom is 0.307 e. The number of carbonyl (C=O) groups is 1.